The summed E-state index contributed by atoms with van der Waals surface area (Å²) in [5.41, 5.74) is 5.14. The molecule has 0 radical (unpaired) electrons. The van der Waals surface area contributed by atoms with E-state index < -0.39 is 11.9 Å². The van der Waals surface area contributed by atoms with Crippen LogP contribution in [0.1, 0.15) is 39.9 Å². The first-order valence-corrected chi connectivity index (χ1v) is 12.2. The third kappa shape index (κ3) is 4.40. The van der Waals surface area contributed by atoms with Gasteiger partial charge in [0.25, 0.3) is 5.91 Å². The summed E-state index contributed by atoms with van der Waals surface area (Å²) in [5.74, 6) is 1.28. The summed E-state index contributed by atoms with van der Waals surface area (Å²) in [6, 6.07) is 18.6. The summed E-state index contributed by atoms with van der Waals surface area (Å²) in [6.07, 6.45) is 0.588. The van der Waals surface area contributed by atoms with E-state index in [4.69, 9.17) is 4.74 Å². The molecule has 0 aliphatic carbocycles. The number of H-pyrrole nitrogens is 1. The molecular weight excluding hydrogens is 470 g/mol. The molecule has 0 saturated carbocycles. The lowest BCUT2D eigenvalue weighted by molar-refractivity contribution is -0.136. The normalized spacial score (nSPS) is 17.2. The van der Waals surface area contributed by atoms with Crippen LogP contribution in [0.15, 0.2) is 60.7 Å². The molecule has 0 spiro atoms. The molecule has 3 heterocycles. The Bertz CT molecular complexity index is 1550. The topological polar surface area (TPSA) is 116 Å². The highest BCUT2D eigenvalue weighted by molar-refractivity contribution is 6.05. The number of nitrogens with zero attached hydrogens (tertiary/aromatic N) is 2. The fourth-order valence-electron chi connectivity index (χ4n) is 4.88. The Morgan fingerprint density at radius 1 is 1.08 bits per heavy atom. The van der Waals surface area contributed by atoms with Crippen LogP contribution in [-0.4, -0.2) is 38.6 Å². The van der Waals surface area contributed by atoms with Gasteiger partial charge < -0.3 is 19.9 Å². The monoisotopic (exact) mass is 495 g/mol. The van der Waals surface area contributed by atoms with Crippen molar-refractivity contribution in [3.8, 4) is 11.5 Å². The van der Waals surface area contributed by atoms with Crippen molar-refractivity contribution in [2.45, 2.75) is 38.9 Å². The van der Waals surface area contributed by atoms with Crippen LogP contribution in [0.4, 0.5) is 5.95 Å². The van der Waals surface area contributed by atoms with Crippen molar-refractivity contribution in [3.05, 3.63) is 82.9 Å². The van der Waals surface area contributed by atoms with Gasteiger partial charge in [-0.3, -0.25) is 19.7 Å². The molecule has 1 saturated heterocycles. The summed E-state index contributed by atoms with van der Waals surface area (Å²) in [4.78, 5) is 46.2. The van der Waals surface area contributed by atoms with Crippen LogP contribution in [0.3, 0.4) is 0 Å². The number of anilines is 1. The van der Waals surface area contributed by atoms with E-state index in [0.717, 1.165) is 39.2 Å². The second-order valence-corrected chi connectivity index (χ2v) is 9.38. The molecule has 1 atom stereocenters. The summed E-state index contributed by atoms with van der Waals surface area (Å²) in [6.45, 7) is 2.85. The molecule has 9 heteroatoms. The van der Waals surface area contributed by atoms with Crippen molar-refractivity contribution in [2.24, 2.45) is 0 Å². The molecule has 1 unspecified atom stereocenters. The van der Waals surface area contributed by atoms with Gasteiger partial charge >= 0.3 is 0 Å². The number of nitrogens with one attached hydrogen (secondary N) is 3. The van der Waals surface area contributed by atoms with Crippen molar-refractivity contribution in [2.75, 3.05) is 5.32 Å². The molecule has 9 nitrogen and oxygen atoms in total. The number of fused-ring (bicyclic) bond motifs is 2. The zero-order chi connectivity index (χ0) is 25.5. The van der Waals surface area contributed by atoms with Crippen LogP contribution in [0.5, 0.6) is 11.5 Å². The maximum absolute atomic E-state index is 12.9. The second kappa shape index (κ2) is 9.09. The number of aromatic nitrogens is 2. The van der Waals surface area contributed by atoms with Crippen molar-refractivity contribution in [1.82, 2.24) is 20.2 Å². The number of benzene rings is 3. The van der Waals surface area contributed by atoms with Crippen molar-refractivity contribution >= 4 is 34.7 Å². The standard InChI is InChI=1S/C28H25N5O4/c1-16-11-21-22(13-24(16)37-19-5-3-2-4-6-19)31-28(30-21)29-14-17-7-8-20-18(12-17)15-33(27(20)36)23-9-10-25(34)32-26(23)35/h2-8,11-13,23H,9-10,14-15H2,1H3,(H2,29,30,31)(H,32,34,35). The van der Waals surface area contributed by atoms with Crippen LogP contribution >= 0.6 is 0 Å². The molecule has 3 N–H and O–H groups in total. The third-order valence-corrected chi connectivity index (χ3v) is 6.80. The molecular formula is C28H25N5O4. The minimum Gasteiger partial charge on any atom is -0.457 e. The van der Waals surface area contributed by atoms with Gasteiger partial charge in [-0.25, -0.2) is 4.98 Å². The molecule has 6 rings (SSSR count). The molecule has 37 heavy (non-hydrogen) atoms. The predicted octanol–water partition coefficient (Wildman–Crippen LogP) is 4.04. The maximum atomic E-state index is 12.9. The van der Waals surface area contributed by atoms with Gasteiger partial charge in [-0.05, 0) is 54.3 Å². The molecule has 0 bridgehead atoms. The van der Waals surface area contributed by atoms with Crippen LogP contribution in [0.25, 0.3) is 11.0 Å². The first kappa shape index (κ1) is 22.8. The van der Waals surface area contributed by atoms with Crippen LogP contribution in [-0.2, 0) is 22.7 Å². The predicted molar refractivity (Wildman–Crippen MR) is 137 cm³/mol. The number of hydrogen-bond donors (Lipinski definition) is 3. The second-order valence-electron chi connectivity index (χ2n) is 9.38. The van der Waals surface area contributed by atoms with Gasteiger partial charge in [-0.1, -0.05) is 30.3 Å². The number of para-hydroxylation sites is 1. The van der Waals surface area contributed by atoms with Crippen LogP contribution in [0, 0.1) is 6.92 Å². The SMILES string of the molecule is Cc1cc2[nH]c(NCc3ccc4c(c3)CN(C3CCC(=O)NC3=O)C4=O)nc2cc1Oc1ccccc1. The van der Waals surface area contributed by atoms with E-state index in [2.05, 4.69) is 20.6 Å². The van der Waals surface area contributed by atoms with Crippen LogP contribution in [0.2, 0.25) is 0 Å². The third-order valence-electron chi connectivity index (χ3n) is 6.80. The van der Waals surface area contributed by atoms with Gasteiger partial charge in [-0.15, -0.1) is 0 Å². The Hall–Kier alpha value is -4.66. The molecule has 3 aromatic carbocycles. The van der Waals surface area contributed by atoms with Gasteiger partial charge in [-0.2, -0.15) is 0 Å². The zero-order valence-corrected chi connectivity index (χ0v) is 20.2. The van der Waals surface area contributed by atoms with E-state index in [9.17, 15) is 14.4 Å². The zero-order valence-electron chi connectivity index (χ0n) is 20.2. The summed E-state index contributed by atoms with van der Waals surface area (Å²) < 4.78 is 6.02. The Morgan fingerprint density at radius 3 is 2.73 bits per heavy atom. The van der Waals surface area contributed by atoms with E-state index in [0.29, 0.717) is 31.0 Å². The van der Waals surface area contributed by atoms with E-state index in [1.54, 1.807) is 11.0 Å². The van der Waals surface area contributed by atoms with Gasteiger partial charge in [0.15, 0.2) is 0 Å². The Morgan fingerprint density at radius 2 is 1.92 bits per heavy atom. The summed E-state index contributed by atoms with van der Waals surface area (Å²) in [7, 11) is 0. The minimum absolute atomic E-state index is 0.176. The molecule has 3 amide bonds. The molecule has 2 aliphatic rings. The number of aromatic amines is 1. The lowest BCUT2D eigenvalue weighted by Crippen LogP contribution is -2.52. The molecule has 2 aliphatic heterocycles. The Labute approximate surface area is 212 Å². The number of rotatable bonds is 6. The Balaban J connectivity index is 1.15. The van der Waals surface area contributed by atoms with E-state index in [1.165, 1.54) is 0 Å². The number of amides is 3. The van der Waals surface area contributed by atoms with Crippen molar-refractivity contribution in [3.63, 3.8) is 0 Å². The first-order chi connectivity index (χ1) is 17.9. The number of hydrogen-bond acceptors (Lipinski definition) is 6. The average molecular weight is 496 g/mol. The molecule has 4 aromatic rings. The van der Waals surface area contributed by atoms with Gasteiger partial charge in [0.2, 0.25) is 17.8 Å². The van der Waals surface area contributed by atoms with E-state index in [1.807, 2.05) is 61.5 Å². The number of ether oxygens (including phenoxy) is 1. The first-order valence-electron chi connectivity index (χ1n) is 12.2. The van der Waals surface area contributed by atoms with Crippen LogP contribution < -0.4 is 15.4 Å². The lowest BCUT2D eigenvalue weighted by Gasteiger charge is -2.29. The van der Waals surface area contributed by atoms with Crippen molar-refractivity contribution in [1.29, 1.82) is 0 Å². The highest BCUT2D eigenvalue weighted by Gasteiger charge is 2.39. The highest BCUT2D eigenvalue weighted by atomic mass is 16.5. The Kier molecular flexibility index (Phi) is 5.60. The maximum Gasteiger partial charge on any atom is 0.255 e. The average Bonchev–Trinajstić information content (AvgIpc) is 3.43. The number of carbonyl (C=O) groups is 3. The number of imide groups is 1. The summed E-state index contributed by atoms with van der Waals surface area (Å²) in [5, 5.41) is 5.65. The molecule has 186 valence electrons. The summed E-state index contributed by atoms with van der Waals surface area (Å²) >= 11 is 0. The fourth-order valence-corrected chi connectivity index (χ4v) is 4.88. The molecule has 1 aromatic heterocycles. The molecule has 1 fully saturated rings. The van der Waals surface area contributed by atoms with Gasteiger partial charge in [0, 0.05) is 31.1 Å². The number of carbonyl (C=O) groups excluding carboxylic acids is 3. The fraction of sp³-hybridized carbons (Fsp3) is 0.214. The van der Waals surface area contributed by atoms with E-state index >= 15 is 0 Å². The highest BCUT2D eigenvalue weighted by Crippen LogP contribution is 2.30. The largest absolute Gasteiger partial charge is 0.457 e. The van der Waals surface area contributed by atoms with E-state index in [-0.39, 0.29) is 18.2 Å². The quantitative estimate of drug-likeness (QED) is 0.348. The number of aryl methyl sites for hydroxylation is 1. The lowest BCUT2D eigenvalue weighted by atomic mass is 10.0. The number of imidazole rings is 1. The smallest absolute Gasteiger partial charge is 0.255 e. The van der Waals surface area contributed by atoms with Crippen molar-refractivity contribution < 1.29 is 19.1 Å². The minimum atomic E-state index is -0.617. The number of piperidine rings is 1. The van der Waals surface area contributed by atoms with Gasteiger partial charge in [0.1, 0.15) is 17.5 Å². The van der Waals surface area contributed by atoms with Gasteiger partial charge in [0.05, 0.1) is 11.0 Å².